The van der Waals surface area contributed by atoms with Gasteiger partial charge in [0.2, 0.25) is 5.89 Å². The average molecular weight is 502 g/mol. The third-order valence-corrected chi connectivity index (χ3v) is 7.98. The van der Waals surface area contributed by atoms with E-state index in [0.717, 1.165) is 11.1 Å². The van der Waals surface area contributed by atoms with E-state index in [9.17, 15) is 9.11 Å². The predicted octanol–water partition coefficient (Wildman–Crippen LogP) is 6.31. The van der Waals surface area contributed by atoms with Crippen molar-refractivity contribution < 1.29 is 14.9 Å². The van der Waals surface area contributed by atoms with E-state index in [2.05, 4.69) is 25.5 Å². The van der Waals surface area contributed by atoms with Gasteiger partial charge in [-0.2, -0.15) is 10.6 Å². The highest BCUT2D eigenvalue weighted by Crippen LogP contribution is 2.52. The van der Waals surface area contributed by atoms with Crippen molar-refractivity contribution >= 4 is 22.2 Å². The van der Waals surface area contributed by atoms with Gasteiger partial charge in [-0.25, -0.2) is 4.98 Å². The molecule has 0 fully saturated rings. The lowest BCUT2D eigenvalue weighted by Crippen LogP contribution is -2.10. The molecule has 0 saturated heterocycles. The van der Waals surface area contributed by atoms with Crippen molar-refractivity contribution in [3.63, 3.8) is 0 Å². The third kappa shape index (κ3) is 4.84. The summed E-state index contributed by atoms with van der Waals surface area (Å²) in [5.41, 5.74) is 4.17. The number of aromatic nitrogens is 4. The molecule has 0 amide bonds. The molecule has 0 bridgehead atoms. The summed E-state index contributed by atoms with van der Waals surface area (Å²) in [6.45, 7) is 6.08. The molecular weight excluding hydrogens is 474 g/mol. The summed E-state index contributed by atoms with van der Waals surface area (Å²) >= 11 is 6.44. The number of halogens is 1. The number of benzene rings is 2. The molecule has 0 radical (unpaired) electrons. The maximum absolute atomic E-state index is 10.4. The number of rotatable bonds is 7. The summed E-state index contributed by atoms with van der Waals surface area (Å²) in [5.74, 6) is 0.536. The Labute approximate surface area is 206 Å². The van der Waals surface area contributed by atoms with Gasteiger partial charge in [0, 0.05) is 18.8 Å². The monoisotopic (exact) mass is 501 g/mol. The molecule has 4 rings (SSSR count). The fraction of sp³-hybridized carbons (Fsp3) is 0.250. The maximum Gasteiger partial charge on any atom is 0.268 e. The lowest BCUT2D eigenvalue weighted by Gasteiger charge is -2.36. The van der Waals surface area contributed by atoms with E-state index >= 15 is 0 Å². The van der Waals surface area contributed by atoms with Crippen LogP contribution in [0.15, 0.2) is 58.0 Å². The van der Waals surface area contributed by atoms with Gasteiger partial charge < -0.3 is 9.73 Å². The zero-order valence-corrected chi connectivity index (χ0v) is 20.9. The molecule has 4 aromatic rings. The van der Waals surface area contributed by atoms with Crippen molar-refractivity contribution in [1.82, 2.24) is 25.5 Å². The van der Waals surface area contributed by atoms with Crippen LogP contribution in [0, 0.1) is 6.92 Å². The van der Waals surface area contributed by atoms with Crippen molar-refractivity contribution in [2.75, 3.05) is 7.05 Å². The van der Waals surface area contributed by atoms with Gasteiger partial charge in [0.15, 0.2) is 0 Å². The first-order valence-electron chi connectivity index (χ1n) is 10.7. The average Bonchev–Trinajstić information content (AvgIpc) is 3.29. The van der Waals surface area contributed by atoms with Crippen LogP contribution in [0.1, 0.15) is 26.5 Å². The van der Waals surface area contributed by atoms with E-state index in [1.54, 1.807) is 44.3 Å². The van der Waals surface area contributed by atoms with E-state index < -0.39 is 10.6 Å². The van der Waals surface area contributed by atoms with E-state index in [4.69, 9.17) is 16.0 Å². The minimum Gasteiger partial charge on any atom is -0.414 e. The fourth-order valence-corrected chi connectivity index (χ4v) is 4.73. The van der Waals surface area contributed by atoms with Gasteiger partial charge in [-0.3, -0.25) is 14.1 Å². The number of aryl methyl sites for hydroxylation is 1. The number of hydrogen-bond donors (Lipinski definition) is 3. The largest absolute Gasteiger partial charge is 0.414 e. The Hall–Kier alpha value is -2.82. The number of nitrogens with zero attached hydrogens (tertiary/aromatic N) is 4. The highest BCUT2D eigenvalue weighted by atomic mass is 35.5. The summed E-state index contributed by atoms with van der Waals surface area (Å²) in [4.78, 5) is 9.63. The second kappa shape index (κ2) is 9.81. The van der Waals surface area contributed by atoms with Crippen LogP contribution < -0.4 is 5.32 Å². The topological polar surface area (TPSA) is 117 Å². The Balaban J connectivity index is 0.00000342. The maximum atomic E-state index is 10.4. The van der Waals surface area contributed by atoms with E-state index in [1.165, 1.54) is 0 Å². The standard InChI is InChI=1S/C24H26ClN5O3S.H2/c1-14(2)34(31,32)18-8-6-17(7-9-18)21-13-27-15(3)22(28-21)24-30-29-23(33-24)19-10-5-16(12-26-4)11-20(19)25;/h5-11,13-14,26,31-32H,12H2,1-4H3;1H. The Morgan fingerprint density at radius 2 is 1.79 bits per heavy atom. The Kier molecular flexibility index (Phi) is 7.01. The van der Waals surface area contributed by atoms with Gasteiger partial charge in [-0.05, 0) is 57.6 Å². The SMILES string of the molecule is CNCc1ccc(-c2nnc(-c3nc(-c4ccc(S(O)(O)C(C)C)cc4)cnc3C)o2)c(Cl)c1.[HH]. The first-order valence-corrected chi connectivity index (χ1v) is 12.7. The van der Waals surface area contributed by atoms with E-state index in [0.29, 0.717) is 45.0 Å². The molecule has 0 unspecified atom stereocenters. The minimum atomic E-state index is -2.85. The van der Waals surface area contributed by atoms with Crippen LogP contribution in [-0.4, -0.2) is 41.6 Å². The van der Waals surface area contributed by atoms with Crippen molar-refractivity contribution in [2.24, 2.45) is 0 Å². The Morgan fingerprint density at radius 1 is 1.09 bits per heavy atom. The molecule has 2 aromatic heterocycles. The lowest BCUT2D eigenvalue weighted by atomic mass is 10.1. The highest BCUT2D eigenvalue weighted by molar-refractivity contribution is 8.24. The zero-order chi connectivity index (χ0) is 24.5. The summed E-state index contributed by atoms with van der Waals surface area (Å²) in [5, 5.41) is 11.7. The van der Waals surface area contributed by atoms with Crippen LogP contribution in [0.3, 0.4) is 0 Å². The van der Waals surface area contributed by atoms with Crippen LogP contribution in [0.5, 0.6) is 0 Å². The van der Waals surface area contributed by atoms with E-state index in [-0.39, 0.29) is 12.6 Å². The molecule has 10 heteroatoms. The number of nitrogens with one attached hydrogen (secondary N) is 1. The lowest BCUT2D eigenvalue weighted by molar-refractivity contribution is 0.476. The Bertz CT molecular complexity index is 1320. The normalized spacial score (nSPS) is 12.4. The van der Waals surface area contributed by atoms with Crippen molar-refractivity contribution in [2.45, 2.75) is 37.5 Å². The van der Waals surface area contributed by atoms with Crippen molar-refractivity contribution in [3.8, 4) is 34.3 Å². The smallest absolute Gasteiger partial charge is 0.268 e. The first kappa shape index (κ1) is 24.3. The summed E-state index contributed by atoms with van der Waals surface area (Å²) in [6.07, 6.45) is 1.66. The van der Waals surface area contributed by atoms with Gasteiger partial charge in [0.25, 0.3) is 5.89 Å². The molecule has 0 aliphatic rings. The highest BCUT2D eigenvalue weighted by Gasteiger charge is 2.21. The summed E-state index contributed by atoms with van der Waals surface area (Å²) in [6, 6.07) is 12.7. The van der Waals surface area contributed by atoms with Crippen LogP contribution >= 0.6 is 22.2 Å². The summed E-state index contributed by atoms with van der Waals surface area (Å²) < 4.78 is 26.7. The molecule has 0 atom stereocenters. The van der Waals surface area contributed by atoms with Crippen LogP contribution in [0.25, 0.3) is 34.3 Å². The molecule has 0 aliphatic carbocycles. The van der Waals surface area contributed by atoms with Gasteiger partial charge in [-0.1, -0.05) is 29.8 Å². The molecule has 34 heavy (non-hydrogen) atoms. The molecule has 0 saturated carbocycles. The molecule has 0 aliphatic heterocycles. The van der Waals surface area contributed by atoms with Gasteiger partial charge in [0.05, 0.1) is 33.1 Å². The molecule has 2 heterocycles. The van der Waals surface area contributed by atoms with Crippen molar-refractivity contribution in [1.29, 1.82) is 0 Å². The van der Waals surface area contributed by atoms with Crippen molar-refractivity contribution in [3.05, 3.63) is 64.9 Å². The summed E-state index contributed by atoms with van der Waals surface area (Å²) in [7, 11) is -0.978. The van der Waals surface area contributed by atoms with Gasteiger partial charge >= 0.3 is 0 Å². The van der Waals surface area contributed by atoms with Gasteiger partial charge in [-0.15, -0.1) is 10.2 Å². The van der Waals surface area contributed by atoms with Crippen LogP contribution in [0.4, 0.5) is 0 Å². The quantitative estimate of drug-likeness (QED) is 0.270. The second-order valence-electron chi connectivity index (χ2n) is 8.11. The number of hydrogen-bond acceptors (Lipinski definition) is 8. The molecule has 0 spiro atoms. The predicted molar refractivity (Wildman–Crippen MR) is 137 cm³/mol. The van der Waals surface area contributed by atoms with E-state index in [1.807, 2.05) is 32.2 Å². The van der Waals surface area contributed by atoms with Gasteiger partial charge in [0.1, 0.15) is 5.69 Å². The third-order valence-electron chi connectivity index (χ3n) is 5.38. The first-order chi connectivity index (χ1) is 16.2. The molecule has 3 N–H and O–H groups in total. The zero-order valence-electron chi connectivity index (χ0n) is 19.3. The van der Waals surface area contributed by atoms with Crippen LogP contribution in [-0.2, 0) is 6.54 Å². The minimum absolute atomic E-state index is 0. The molecule has 2 aromatic carbocycles. The fourth-order valence-electron chi connectivity index (χ4n) is 3.36. The molecular formula is C24H28ClN5O3S. The molecule has 8 nitrogen and oxygen atoms in total. The molecule has 180 valence electrons. The van der Waals surface area contributed by atoms with Crippen LogP contribution in [0.2, 0.25) is 5.02 Å². The Morgan fingerprint density at radius 3 is 2.44 bits per heavy atom. The second-order valence-corrected chi connectivity index (χ2v) is 11.1.